The molecule has 1 fully saturated rings. The van der Waals surface area contributed by atoms with Gasteiger partial charge < -0.3 is 15.0 Å². The first kappa shape index (κ1) is 18.7. The number of methoxy groups -OCH3 is 1. The normalized spacial score (nSPS) is 16.4. The molecule has 5 nitrogen and oxygen atoms in total. The molecule has 1 amide bonds. The molecule has 1 saturated heterocycles. The van der Waals surface area contributed by atoms with E-state index in [1.807, 2.05) is 25.1 Å². The fourth-order valence-corrected chi connectivity index (χ4v) is 3.19. The van der Waals surface area contributed by atoms with E-state index in [-0.39, 0.29) is 5.91 Å². The Labute approximate surface area is 146 Å². The van der Waals surface area contributed by atoms with Crippen molar-refractivity contribution in [2.75, 3.05) is 52.7 Å². The number of aryl methyl sites for hydroxylation is 1. The Morgan fingerprint density at radius 2 is 2.04 bits per heavy atom. The number of likely N-dealkylation sites (tertiary alicyclic amines) is 1. The van der Waals surface area contributed by atoms with Crippen LogP contribution in [0.4, 0.5) is 5.69 Å². The van der Waals surface area contributed by atoms with Gasteiger partial charge in [0.05, 0.1) is 19.3 Å². The molecule has 1 aromatic carbocycles. The Hall–Kier alpha value is -1.59. The van der Waals surface area contributed by atoms with E-state index in [0.29, 0.717) is 12.3 Å². The molecule has 24 heavy (non-hydrogen) atoms. The van der Waals surface area contributed by atoms with Gasteiger partial charge in [0.15, 0.2) is 0 Å². The zero-order chi connectivity index (χ0) is 17.5. The molecule has 1 heterocycles. The number of nitrogens with one attached hydrogen (secondary N) is 1. The van der Waals surface area contributed by atoms with Gasteiger partial charge in [-0.1, -0.05) is 6.07 Å². The van der Waals surface area contributed by atoms with Crippen LogP contribution in [-0.2, 0) is 4.79 Å². The first-order valence-electron chi connectivity index (χ1n) is 8.79. The summed E-state index contributed by atoms with van der Waals surface area (Å²) in [5.41, 5.74) is 1.86. The maximum atomic E-state index is 12.3. The molecule has 0 aromatic heterocycles. The van der Waals surface area contributed by atoms with Crippen molar-refractivity contribution in [3.8, 4) is 5.75 Å². The summed E-state index contributed by atoms with van der Waals surface area (Å²) >= 11 is 0. The van der Waals surface area contributed by atoms with Crippen LogP contribution in [0.15, 0.2) is 18.2 Å². The van der Waals surface area contributed by atoms with Crippen LogP contribution >= 0.6 is 0 Å². The minimum Gasteiger partial charge on any atom is -0.495 e. The van der Waals surface area contributed by atoms with E-state index in [1.165, 1.54) is 19.3 Å². The predicted octanol–water partition coefficient (Wildman–Crippen LogP) is 2.61. The number of benzene rings is 1. The van der Waals surface area contributed by atoms with E-state index in [0.717, 1.165) is 36.8 Å². The van der Waals surface area contributed by atoms with E-state index in [2.05, 4.69) is 29.2 Å². The highest BCUT2D eigenvalue weighted by Crippen LogP contribution is 2.25. The van der Waals surface area contributed by atoms with E-state index in [4.69, 9.17) is 4.74 Å². The summed E-state index contributed by atoms with van der Waals surface area (Å²) in [4.78, 5) is 16.8. The molecule has 1 N–H and O–H groups in total. The highest BCUT2D eigenvalue weighted by Gasteiger charge is 2.21. The molecule has 1 aliphatic heterocycles. The quantitative estimate of drug-likeness (QED) is 0.833. The summed E-state index contributed by atoms with van der Waals surface area (Å²) in [6.07, 6.45) is 3.64. The highest BCUT2D eigenvalue weighted by molar-refractivity contribution is 5.93. The molecule has 2 rings (SSSR count). The Bertz CT molecular complexity index is 537. The second kappa shape index (κ2) is 9.04. The first-order valence-corrected chi connectivity index (χ1v) is 8.79. The van der Waals surface area contributed by atoms with Crippen molar-refractivity contribution in [3.05, 3.63) is 23.8 Å². The number of ether oxygens (including phenoxy) is 1. The van der Waals surface area contributed by atoms with Gasteiger partial charge in [0, 0.05) is 0 Å². The van der Waals surface area contributed by atoms with Gasteiger partial charge in [0.1, 0.15) is 5.75 Å². The monoisotopic (exact) mass is 333 g/mol. The Kier molecular flexibility index (Phi) is 7.06. The zero-order valence-corrected chi connectivity index (χ0v) is 15.5. The van der Waals surface area contributed by atoms with Crippen LogP contribution in [0.5, 0.6) is 5.75 Å². The van der Waals surface area contributed by atoms with E-state index < -0.39 is 0 Å². The molecular formula is C19H31N3O2. The fourth-order valence-electron chi connectivity index (χ4n) is 3.19. The largest absolute Gasteiger partial charge is 0.495 e. The minimum atomic E-state index is 0.0330. The van der Waals surface area contributed by atoms with Crippen LogP contribution in [-0.4, -0.2) is 63.1 Å². The maximum Gasteiger partial charge on any atom is 0.238 e. The van der Waals surface area contributed by atoms with Gasteiger partial charge in [-0.25, -0.2) is 0 Å². The molecule has 0 atom stereocenters. The Morgan fingerprint density at radius 3 is 2.67 bits per heavy atom. The van der Waals surface area contributed by atoms with Crippen LogP contribution < -0.4 is 10.1 Å². The molecular weight excluding hydrogens is 302 g/mol. The molecule has 0 radical (unpaired) electrons. The molecule has 0 saturated carbocycles. The molecule has 0 unspecified atom stereocenters. The summed E-state index contributed by atoms with van der Waals surface area (Å²) in [6, 6.07) is 5.82. The highest BCUT2D eigenvalue weighted by atomic mass is 16.5. The van der Waals surface area contributed by atoms with Crippen molar-refractivity contribution in [1.82, 2.24) is 9.80 Å². The second-order valence-electron chi connectivity index (χ2n) is 7.06. The number of carbonyl (C=O) groups is 1. The Morgan fingerprint density at radius 1 is 1.33 bits per heavy atom. The van der Waals surface area contributed by atoms with Gasteiger partial charge in [-0.2, -0.15) is 0 Å². The lowest BCUT2D eigenvalue weighted by atomic mass is 9.93. The van der Waals surface area contributed by atoms with Gasteiger partial charge in [-0.15, -0.1) is 0 Å². The van der Waals surface area contributed by atoms with Crippen molar-refractivity contribution in [3.63, 3.8) is 0 Å². The summed E-state index contributed by atoms with van der Waals surface area (Å²) in [7, 11) is 5.87. The van der Waals surface area contributed by atoms with Crippen LogP contribution in [0.3, 0.4) is 0 Å². The van der Waals surface area contributed by atoms with E-state index in [9.17, 15) is 4.79 Å². The first-order chi connectivity index (χ1) is 11.5. The van der Waals surface area contributed by atoms with Crippen molar-refractivity contribution in [1.29, 1.82) is 0 Å². The smallest absolute Gasteiger partial charge is 0.238 e. The summed E-state index contributed by atoms with van der Waals surface area (Å²) in [6.45, 7) is 5.64. The minimum absolute atomic E-state index is 0.0330. The second-order valence-corrected chi connectivity index (χ2v) is 7.06. The number of piperidine rings is 1. The van der Waals surface area contributed by atoms with Crippen molar-refractivity contribution >= 4 is 11.6 Å². The third kappa shape index (κ3) is 5.80. The van der Waals surface area contributed by atoms with Crippen LogP contribution in [0, 0.1) is 12.8 Å². The number of carbonyl (C=O) groups excluding carboxylic acids is 1. The maximum absolute atomic E-state index is 12.3. The molecule has 134 valence electrons. The zero-order valence-electron chi connectivity index (χ0n) is 15.5. The molecule has 0 spiro atoms. The van der Waals surface area contributed by atoms with Crippen LogP contribution in [0.25, 0.3) is 0 Å². The summed E-state index contributed by atoms with van der Waals surface area (Å²) in [5, 5.41) is 2.99. The lowest BCUT2D eigenvalue weighted by Crippen LogP contribution is -2.39. The Balaban J connectivity index is 1.79. The number of nitrogens with zero attached hydrogens (tertiary/aromatic N) is 2. The molecule has 1 aromatic rings. The number of rotatable bonds is 7. The number of amides is 1. The number of anilines is 1. The fraction of sp³-hybridized carbons (Fsp3) is 0.632. The van der Waals surface area contributed by atoms with Crippen LogP contribution in [0.2, 0.25) is 0 Å². The average molecular weight is 333 g/mol. The standard InChI is InChI=1S/C19H31N3O2/c1-15-5-6-18(24-4)17(13-15)20-19(23)14-22-11-8-16(9-12-22)7-10-21(2)3/h5-6,13,16H,7-12,14H2,1-4H3,(H,20,23). The average Bonchev–Trinajstić information content (AvgIpc) is 2.54. The third-order valence-electron chi connectivity index (χ3n) is 4.69. The SMILES string of the molecule is COc1ccc(C)cc1NC(=O)CN1CCC(CCN(C)C)CC1. The van der Waals surface area contributed by atoms with Gasteiger partial charge >= 0.3 is 0 Å². The molecule has 5 heteroatoms. The summed E-state index contributed by atoms with van der Waals surface area (Å²) < 4.78 is 5.32. The lowest BCUT2D eigenvalue weighted by Gasteiger charge is -2.32. The van der Waals surface area contributed by atoms with Crippen LogP contribution in [0.1, 0.15) is 24.8 Å². The van der Waals surface area contributed by atoms with Gasteiger partial charge in [0.2, 0.25) is 5.91 Å². The van der Waals surface area contributed by atoms with E-state index >= 15 is 0 Å². The van der Waals surface area contributed by atoms with Gasteiger partial charge in [-0.05, 0) is 83.5 Å². The van der Waals surface area contributed by atoms with Gasteiger partial charge in [-0.3, -0.25) is 9.69 Å². The number of hydrogen-bond acceptors (Lipinski definition) is 4. The van der Waals surface area contributed by atoms with Gasteiger partial charge in [0.25, 0.3) is 0 Å². The van der Waals surface area contributed by atoms with E-state index in [1.54, 1.807) is 7.11 Å². The van der Waals surface area contributed by atoms with Crippen molar-refractivity contribution in [2.45, 2.75) is 26.2 Å². The predicted molar refractivity (Wildman–Crippen MR) is 98.7 cm³/mol. The molecule has 1 aliphatic rings. The molecule has 0 aliphatic carbocycles. The summed E-state index contributed by atoms with van der Waals surface area (Å²) in [5.74, 6) is 1.53. The lowest BCUT2D eigenvalue weighted by molar-refractivity contribution is -0.117. The number of hydrogen-bond donors (Lipinski definition) is 1. The molecule has 0 bridgehead atoms. The third-order valence-corrected chi connectivity index (χ3v) is 4.69. The van der Waals surface area contributed by atoms with Crippen molar-refractivity contribution < 1.29 is 9.53 Å². The topological polar surface area (TPSA) is 44.8 Å². The van der Waals surface area contributed by atoms with Crippen molar-refractivity contribution in [2.24, 2.45) is 5.92 Å².